The highest BCUT2D eigenvalue weighted by Crippen LogP contribution is 2.51. The minimum absolute atomic E-state index is 0.0618. The van der Waals surface area contributed by atoms with E-state index in [4.69, 9.17) is 5.11 Å². The fourth-order valence-electron chi connectivity index (χ4n) is 3.31. The third-order valence-corrected chi connectivity index (χ3v) is 4.76. The van der Waals surface area contributed by atoms with Gasteiger partial charge in [-0.3, -0.25) is 9.59 Å². The van der Waals surface area contributed by atoms with E-state index >= 15 is 0 Å². The number of hydrogen-bond donors (Lipinski definition) is 2. The first kappa shape index (κ1) is 19.9. The summed E-state index contributed by atoms with van der Waals surface area (Å²) >= 11 is 0. The van der Waals surface area contributed by atoms with E-state index in [1.165, 1.54) is 30.3 Å². The normalized spacial score (nSPS) is 19.7. The number of rotatable bonds is 6. The molecule has 3 atom stereocenters. The number of carbonyl (C=O) groups excluding carboxylic acids is 1. The molecular weight excluding hydrogens is 378 g/mol. The number of amides is 1. The van der Waals surface area contributed by atoms with Gasteiger partial charge in [-0.15, -0.1) is 0 Å². The van der Waals surface area contributed by atoms with E-state index in [0.29, 0.717) is 5.56 Å². The highest BCUT2D eigenvalue weighted by molar-refractivity contribution is 5.84. The van der Waals surface area contributed by atoms with E-state index < -0.39 is 53.7 Å². The summed E-state index contributed by atoms with van der Waals surface area (Å²) in [6.45, 7) is 0. The molecule has 1 saturated carbocycles. The number of carbonyl (C=O) groups is 2. The molecule has 0 saturated heterocycles. The van der Waals surface area contributed by atoms with Crippen LogP contribution >= 0.6 is 0 Å². The Kier molecular flexibility index (Phi) is 5.40. The molecule has 1 amide bonds. The molecule has 3 unspecified atom stereocenters. The molecular formula is C20H17F4NO3. The van der Waals surface area contributed by atoms with Gasteiger partial charge in [0, 0.05) is 5.92 Å². The molecule has 4 nitrogen and oxygen atoms in total. The molecule has 3 rings (SSSR count). The summed E-state index contributed by atoms with van der Waals surface area (Å²) in [7, 11) is 0. The quantitative estimate of drug-likeness (QED) is 0.718. The highest BCUT2D eigenvalue weighted by Gasteiger charge is 2.48. The van der Waals surface area contributed by atoms with Gasteiger partial charge in [0.2, 0.25) is 5.91 Å². The molecule has 2 N–H and O–H groups in total. The standard InChI is InChI=1S/C20H17F4NO3/c21-12-7-5-11(6-8-12)17(10-18(26)27)25-19(28)15-9-14(15)13-3-1-2-4-16(13)20(22,23)24/h1-8,14-15,17H,9-10H2,(H,25,28)(H,26,27). The Balaban J connectivity index is 1.74. The molecule has 2 aromatic carbocycles. The predicted octanol–water partition coefficient (Wildman–Crippen LogP) is 4.28. The monoisotopic (exact) mass is 395 g/mol. The van der Waals surface area contributed by atoms with Gasteiger partial charge >= 0.3 is 12.1 Å². The lowest BCUT2D eigenvalue weighted by Gasteiger charge is -2.18. The molecule has 0 radical (unpaired) electrons. The summed E-state index contributed by atoms with van der Waals surface area (Å²) in [6.07, 6.45) is -4.68. The minimum atomic E-state index is -4.51. The summed E-state index contributed by atoms with van der Waals surface area (Å²) in [6, 6.07) is 9.25. The van der Waals surface area contributed by atoms with Crippen LogP contribution in [0.1, 0.15) is 41.5 Å². The van der Waals surface area contributed by atoms with Gasteiger partial charge < -0.3 is 10.4 Å². The fraction of sp³-hybridized carbons (Fsp3) is 0.300. The number of halogens is 4. The third-order valence-electron chi connectivity index (χ3n) is 4.76. The van der Waals surface area contributed by atoms with Crippen molar-refractivity contribution in [2.45, 2.75) is 31.0 Å². The molecule has 8 heteroatoms. The van der Waals surface area contributed by atoms with Crippen LogP contribution in [0.5, 0.6) is 0 Å². The van der Waals surface area contributed by atoms with Crippen molar-refractivity contribution in [1.29, 1.82) is 0 Å². The Morgan fingerprint density at radius 2 is 1.75 bits per heavy atom. The Bertz CT molecular complexity index is 880. The van der Waals surface area contributed by atoms with Gasteiger partial charge in [-0.05, 0) is 41.7 Å². The lowest BCUT2D eigenvalue weighted by atomic mass is 10.0. The number of aliphatic carboxylic acids is 1. The van der Waals surface area contributed by atoms with Crippen LogP contribution in [0.4, 0.5) is 17.6 Å². The van der Waals surface area contributed by atoms with E-state index in [2.05, 4.69) is 5.32 Å². The first-order valence-electron chi connectivity index (χ1n) is 8.60. The van der Waals surface area contributed by atoms with Crippen molar-refractivity contribution in [3.63, 3.8) is 0 Å². The molecule has 0 spiro atoms. The first-order chi connectivity index (χ1) is 13.2. The number of carboxylic acid groups (broad SMARTS) is 1. The zero-order valence-electron chi connectivity index (χ0n) is 14.5. The zero-order chi connectivity index (χ0) is 20.5. The zero-order valence-corrected chi connectivity index (χ0v) is 14.5. The highest BCUT2D eigenvalue weighted by atomic mass is 19.4. The Hall–Kier alpha value is -2.90. The maximum Gasteiger partial charge on any atom is 0.416 e. The van der Waals surface area contributed by atoms with Gasteiger partial charge in [0.1, 0.15) is 5.82 Å². The first-order valence-corrected chi connectivity index (χ1v) is 8.60. The smallest absolute Gasteiger partial charge is 0.416 e. The fourth-order valence-corrected chi connectivity index (χ4v) is 3.31. The van der Waals surface area contributed by atoms with Gasteiger partial charge in [-0.2, -0.15) is 13.2 Å². The van der Waals surface area contributed by atoms with Crippen molar-refractivity contribution >= 4 is 11.9 Å². The number of carboxylic acids is 1. The molecule has 0 aromatic heterocycles. The summed E-state index contributed by atoms with van der Waals surface area (Å²) < 4.78 is 52.6. The van der Waals surface area contributed by atoms with Crippen molar-refractivity contribution in [3.05, 3.63) is 71.0 Å². The summed E-state index contributed by atoms with van der Waals surface area (Å²) in [5, 5.41) is 11.7. The molecule has 2 aromatic rings. The maximum absolute atomic E-state index is 13.2. The maximum atomic E-state index is 13.2. The van der Waals surface area contributed by atoms with Crippen molar-refractivity contribution < 1.29 is 32.3 Å². The SMILES string of the molecule is O=C(O)CC(NC(=O)C1CC1c1ccccc1C(F)(F)F)c1ccc(F)cc1. The second-order valence-corrected chi connectivity index (χ2v) is 6.74. The number of alkyl halides is 3. The Labute approximate surface area is 158 Å². The van der Waals surface area contributed by atoms with E-state index in [-0.39, 0.29) is 12.0 Å². The summed E-state index contributed by atoms with van der Waals surface area (Å²) in [5.41, 5.74) is -0.298. The van der Waals surface area contributed by atoms with Crippen LogP contribution in [0.3, 0.4) is 0 Å². The Morgan fingerprint density at radius 3 is 2.36 bits per heavy atom. The predicted molar refractivity (Wildman–Crippen MR) is 91.8 cm³/mol. The van der Waals surface area contributed by atoms with Crippen LogP contribution in [0, 0.1) is 11.7 Å². The number of benzene rings is 2. The largest absolute Gasteiger partial charge is 0.481 e. The van der Waals surface area contributed by atoms with E-state index in [9.17, 15) is 27.2 Å². The van der Waals surface area contributed by atoms with Gasteiger partial charge in [-0.1, -0.05) is 30.3 Å². The lowest BCUT2D eigenvalue weighted by molar-refractivity contribution is -0.139. The van der Waals surface area contributed by atoms with Crippen LogP contribution in [0.25, 0.3) is 0 Å². The van der Waals surface area contributed by atoms with Crippen molar-refractivity contribution in [2.75, 3.05) is 0 Å². The van der Waals surface area contributed by atoms with Crippen LogP contribution in [-0.4, -0.2) is 17.0 Å². The van der Waals surface area contributed by atoms with Crippen LogP contribution in [0.2, 0.25) is 0 Å². The van der Waals surface area contributed by atoms with Crippen LogP contribution in [-0.2, 0) is 15.8 Å². The lowest BCUT2D eigenvalue weighted by Crippen LogP contribution is -2.31. The molecule has 1 fully saturated rings. The molecule has 1 aliphatic rings. The van der Waals surface area contributed by atoms with Crippen molar-refractivity contribution in [2.24, 2.45) is 5.92 Å². The van der Waals surface area contributed by atoms with E-state index in [0.717, 1.165) is 18.2 Å². The summed E-state index contributed by atoms with van der Waals surface area (Å²) in [4.78, 5) is 23.6. The number of nitrogens with one attached hydrogen (secondary N) is 1. The van der Waals surface area contributed by atoms with Crippen molar-refractivity contribution in [3.8, 4) is 0 Å². The average molecular weight is 395 g/mol. The van der Waals surface area contributed by atoms with Gasteiger partial charge in [-0.25, -0.2) is 4.39 Å². The minimum Gasteiger partial charge on any atom is -0.481 e. The average Bonchev–Trinajstić information content (AvgIpc) is 3.41. The van der Waals surface area contributed by atoms with Crippen molar-refractivity contribution in [1.82, 2.24) is 5.32 Å². The molecule has 148 valence electrons. The van der Waals surface area contributed by atoms with Crippen LogP contribution < -0.4 is 5.32 Å². The van der Waals surface area contributed by atoms with Gasteiger partial charge in [0.25, 0.3) is 0 Å². The van der Waals surface area contributed by atoms with Crippen LogP contribution in [0.15, 0.2) is 48.5 Å². The van der Waals surface area contributed by atoms with E-state index in [1.54, 1.807) is 0 Å². The Morgan fingerprint density at radius 1 is 1.11 bits per heavy atom. The topological polar surface area (TPSA) is 66.4 Å². The van der Waals surface area contributed by atoms with Gasteiger partial charge in [0.05, 0.1) is 18.0 Å². The molecule has 0 aliphatic heterocycles. The summed E-state index contributed by atoms with van der Waals surface area (Å²) in [5.74, 6) is -3.42. The second-order valence-electron chi connectivity index (χ2n) is 6.74. The molecule has 0 bridgehead atoms. The molecule has 0 heterocycles. The number of hydrogen-bond acceptors (Lipinski definition) is 2. The molecule has 1 aliphatic carbocycles. The van der Waals surface area contributed by atoms with Gasteiger partial charge in [0.15, 0.2) is 0 Å². The third kappa shape index (κ3) is 4.49. The molecule has 28 heavy (non-hydrogen) atoms. The van der Waals surface area contributed by atoms with E-state index in [1.807, 2.05) is 0 Å². The second kappa shape index (κ2) is 7.61.